The van der Waals surface area contributed by atoms with Crippen molar-refractivity contribution in [3.8, 4) is 0 Å². The lowest BCUT2D eigenvalue weighted by Gasteiger charge is -2.31. The van der Waals surface area contributed by atoms with Crippen molar-refractivity contribution in [2.75, 3.05) is 19.7 Å². The van der Waals surface area contributed by atoms with Crippen LogP contribution in [-0.4, -0.2) is 46.4 Å². The summed E-state index contributed by atoms with van der Waals surface area (Å²) in [5, 5.41) is 2.91. The first-order valence-corrected chi connectivity index (χ1v) is 13.9. The van der Waals surface area contributed by atoms with Gasteiger partial charge in [-0.2, -0.15) is 13.2 Å². The first-order chi connectivity index (χ1) is 18.6. The maximum atomic E-state index is 13.3. The van der Waals surface area contributed by atoms with Crippen LogP contribution < -0.4 is 0 Å². The number of halogens is 4. The minimum absolute atomic E-state index is 0.243. The van der Waals surface area contributed by atoms with Crippen LogP contribution in [0.5, 0.6) is 0 Å². The van der Waals surface area contributed by atoms with E-state index in [1.54, 1.807) is 29.3 Å². The zero-order valence-electron chi connectivity index (χ0n) is 21.4. The second-order valence-corrected chi connectivity index (χ2v) is 10.8. The van der Waals surface area contributed by atoms with E-state index in [1.165, 1.54) is 17.4 Å². The summed E-state index contributed by atoms with van der Waals surface area (Å²) in [6, 6.07) is 12.6. The van der Waals surface area contributed by atoms with Crippen molar-refractivity contribution < 1.29 is 27.5 Å². The van der Waals surface area contributed by atoms with Crippen LogP contribution >= 0.6 is 22.9 Å². The van der Waals surface area contributed by atoms with E-state index in [-0.39, 0.29) is 24.3 Å². The summed E-state index contributed by atoms with van der Waals surface area (Å²) in [7, 11) is 0. The predicted octanol–water partition coefficient (Wildman–Crippen LogP) is 6.43. The Morgan fingerprint density at radius 3 is 2.54 bits per heavy atom. The van der Waals surface area contributed by atoms with Crippen LogP contribution in [-0.2, 0) is 35.3 Å². The number of esters is 1. The minimum atomic E-state index is -4.43. The van der Waals surface area contributed by atoms with Gasteiger partial charge in [0.1, 0.15) is 10.7 Å². The number of benzene rings is 2. The van der Waals surface area contributed by atoms with Crippen molar-refractivity contribution in [3.63, 3.8) is 0 Å². The van der Waals surface area contributed by atoms with E-state index in [4.69, 9.17) is 16.3 Å². The van der Waals surface area contributed by atoms with Gasteiger partial charge in [-0.05, 0) is 49.1 Å². The zero-order valence-corrected chi connectivity index (χ0v) is 23.0. The van der Waals surface area contributed by atoms with E-state index in [0.717, 1.165) is 17.7 Å². The molecule has 2 heterocycles. The van der Waals surface area contributed by atoms with E-state index in [2.05, 4.69) is 4.98 Å². The molecule has 2 aromatic carbocycles. The summed E-state index contributed by atoms with van der Waals surface area (Å²) in [5.41, 5.74) is 1.01. The second kappa shape index (κ2) is 12.9. The Hall–Kier alpha value is -2.95. The van der Waals surface area contributed by atoms with E-state index in [1.807, 2.05) is 23.1 Å². The first-order valence-electron chi connectivity index (χ1n) is 12.7. The van der Waals surface area contributed by atoms with Gasteiger partial charge in [0.05, 0.1) is 24.6 Å². The molecule has 6 nitrogen and oxygen atoms in total. The van der Waals surface area contributed by atoms with Gasteiger partial charge >= 0.3 is 12.1 Å². The number of alkyl halides is 3. The van der Waals surface area contributed by atoms with E-state index >= 15 is 0 Å². The Morgan fingerprint density at radius 1 is 1.13 bits per heavy atom. The van der Waals surface area contributed by atoms with Crippen molar-refractivity contribution in [3.05, 3.63) is 86.3 Å². The molecule has 1 unspecified atom stereocenters. The number of piperidine rings is 1. The van der Waals surface area contributed by atoms with Crippen molar-refractivity contribution in [1.29, 1.82) is 0 Å². The van der Waals surface area contributed by atoms with Gasteiger partial charge in [-0.3, -0.25) is 14.5 Å². The highest BCUT2D eigenvalue weighted by atomic mass is 35.5. The molecule has 1 fully saturated rings. The number of thiazole rings is 1. The van der Waals surface area contributed by atoms with Crippen molar-refractivity contribution in [2.24, 2.45) is 5.92 Å². The fourth-order valence-electron chi connectivity index (χ4n) is 4.61. The molecule has 3 aromatic rings. The Kier molecular flexibility index (Phi) is 9.63. The third-order valence-electron chi connectivity index (χ3n) is 6.41. The minimum Gasteiger partial charge on any atom is -0.466 e. The third kappa shape index (κ3) is 8.03. The van der Waals surface area contributed by atoms with Crippen LogP contribution in [0.3, 0.4) is 0 Å². The van der Waals surface area contributed by atoms with Crippen LogP contribution in [0, 0.1) is 5.92 Å². The number of ether oxygens (including phenoxy) is 1. The standard InChI is InChI=1S/C28H29ClF3N3O3S/c1-2-38-27(37)21-8-5-11-35(16-21)26(36)24-18-39-25(33-24)17-34(15-20-7-4-10-23(29)13-20)14-19-6-3-9-22(12-19)28(30,31)32/h3-4,6-7,9-10,12-13,18,21H,2,5,8,11,14-17H2,1H3. The summed E-state index contributed by atoms with van der Waals surface area (Å²) >= 11 is 7.47. The average molecular weight is 580 g/mol. The topological polar surface area (TPSA) is 62.7 Å². The SMILES string of the molecule is CCOC(=O)C1CCCN(C(=O)c2csc(CN(Cc3cccc(Cl)c3)Cc3cccc(C(F)(F)F)c3)n2)C1. The lowest BCUT2D eigenvalue weighted by molar-refractivity contribution is -0.149. The summed E-state index contributed by atoms with van der Waals surface area (Å²) in [5.74, 6) is -0.882. The molecule has 0 spiro atoms. The molecule has 0 radical (unpaired) electrons. The number of rotatable bonds is 9. The van der Waals surface area contributed by atoms with Crippen LogP contribution in [0.1, 0.15) is 52.0 Å². The molecule has 0 bridgehead atoms. The van der Waals surface area contributed by atoms with Crippen molar-refractivity contribution in [1.82, 2.24) is 14.8 Å². The molecule has 0 N–H and O–H groups in total. The molecule has 1 aliphatic rings. The highest BCUT2D eigenvalue weighted by Crippen LogP contribution is 2.30. The zero-order chi connectivity index (χ0) is 28.0. The molecular formula is C28H29ClF3N3O3S. The number of aromatic nitrogens is 1. The molecule has 0 saturated carbocycles. The quantitative estimate of drug-likeness (QED) is 0.273. The van der Waals surface area contributed by atoms with Gasteiger partial charge in [0.15, 0.2) is 0 Å². The normalized spacial score (nSPS) is 15.9. The fourth-order valence-corrected chi connectivity index (χ4v) is 5.64. The van der Waals surface area contributed by atoms with Gasteiger partial charge in [-0.25, -0.2) is 4.98 Å². The number of carbonyl (C=O) groups excluding carboxylic acids is 2. The number of nitrogens with zero attached hydrogens (tertiary/aromatic N) is 3. The molecule has 208 valence electrons. The summed E-state index contributed by atoms with van der Waals surface area (Å²) < 4.78 is 45.0. The second-order valence-electron chi connectivity index (χ2n) is 9.44. The summed E-state index contributed by atoms with van der Waals surface area (Å²) in [6.45, 7) is 3.87. The van der Waals surface area contributed by atoms with Gasteiger partial charge in [-0.15, -0.1) is 11.3 Å². The Morgan fingerprint density at radius 2 is 1.85 bits per heavy atom. The Bertz CT molecular complexity index is 1300. The number of hydrogen-bond acceptors (Lipinski definition) is 6. The van der Waals surface area contributed by atoms with Gasteiger partial charge in [0, 0.05) is 36.6 Å². The maximum Gasteiger partial charge on any atom is 0.416 e. The van der Waals surface area contributed by atoms with Gasteiger partial charge in [0.25, 0.3) is 5.91 Å². The van der Waals surface area contributed by atoms with Crippen LogP contribution in [0.15, 0.2) is 53.9 Å². The Balaban J connectivity index is 1.49. The number of amides is 1. The van der Waals surface area contributed by atoms with Crippen LogP contribution in [0.4, 0.5) is 13.2 Å². The molecule has 1 saturated heterocycles. The number of likely N-dealkylation sites (tertiary alicyclic amines) is 1. The highest BCUT2D eigenvalue weighted by molar-refractivity contribution is 7.09. The predicted molar refractivity (Wildman–Crippen MR) is 143 cm³/mol. The average Bonchev–Trinajstić information content (AvgIpc) is 3.36. The van der Waals surface area contributed by atoms with Gasteiger partial charge in [-0.1, -0.05) is 41.9 Å². The van der Waals surface area contributed by atoms with Crippen molar-refractivity contribution >= 4 is 34.8 Å². The molecule has 39 heavy (non-hydrogen) atoms. The molecule has 11 heteroatoms. The summed E-state index contributed by atoms with van der Waals surface area (Å²) in [6.07, 6.45) is -3.05. The molecule has 4 rings (SSSR count). The molecule has 1 aliphatic heterocycles. The van der Waals surface area contributed by atoms with Gasteiger partial charge < -0.3 is 9.64 Å². The van der Waals surface area contributed by atoms with E-state index in [0.29, 0.717) is 66.9 Å². The van der Waals surface area contributed by atoms with E-state index in [9.17, 15) is 22.8 Å². The molecule has 1 amide bonds. The monoisotopic (exact) mass is 579 g/mol. The van der Waals surface area contributed by atoms with E-state index < -0.39 is 11.7 Å². The molecule has 1 aromatic heterocycles. The smallest absolute Gasteiger partial charge is 0.416 e. The molecule has 0 aliphatic carbocycles. The number of carbonyl (C=O) groups is 2. The van der Waals surface area contributed by atoms with Crippen molar-refractivity contribution in [2.45, 2.75) is 45.6 Å². The first kappa shape index (κ1) is 29.0. The van der Waals surface area contributed by atoms with Gasteiger partial charge in [0.2, 0.25) is 0 Å². The summed E-state index contributed by atoms with van der Waals surface area (Å²) in [4.78, 5) is 33.5. The lowest BCUT2D eigenvalue weighted by Crippen LogP contribution is -2.43. The van der Waals surface area contributed by atoms with Crippen LogP contribution in [0.25, 0.3) is 0 Å². The number of hydrogen-bond donors (Lipinski definition) is 0. The Labute approximate surface area is 234 Å². The maximum absolute atomic E-state index is 13.3. The lowest BCUT2D eigenvalue weighted by atomic mass is 9.98. The highest BCUT2D eigenvalue weighted by Gasteiger charge is 2.32. The largest absolute Gasteiger partial charge is 0.466 e. The molecular weight excluding hydrogens is 551 g/mol. The fraction of sp³-hybridized carbons (Fsp3) is 0.393. The molecule has 1 atom stereocenters. The third-order valence-corrected chi connectivity index (χ3v) is 7.48. The van der Waals surface area contributed by atoms with Crippen LogP contribution in [0.2, 0.25) is 5.02 Å².